The van der Waals surface area contributed by atoms with Gasteiger partial charge in [0, 0.05) is 83.0 Å². The van der Waals surface area contributed by atoms with Crippen molar-refractivity contribution in [3.8, 4) is 73.9 Å². The Bertz CT molecular complexity index is 2040. The van der Waals surface area contributed by atoms with Gasteiger partial charge in [0.15, 0.2) is 17.5 Å². The van der Waals surface area contributed by atoms with Crippen LogP contribution in [0.2, 0.25) is 0 Å². The Morgan fingerprint density at radius 3 is 1.39 bits per heavy atom. The lowest BCUT2D eigenvalue weighted by atomic mass is 10.0. The number of hydrogen-bond donors (Lipinski definition) is 0. The molecule has 6 aromatic heterocycles. The van der Waals surface area contributed by atoms with Crippen LogP contribution in [0.3, 0.4) is 0 Å². The van der Waals surface area contributed by atoms with Gasteiger partial charge in [-0.1, -0.05) is 24.3 Å². The van der Waals surface area contributed by atoms with Gasteiger partial charge in [0.1, 0.15) is 0 Å². The molecule has 206 valence electrons. The van der Waals surface area contributed by atoms with E-state index in [0.29, 0.717) is 39.7 Å². The van der Waals surface area contributed by atoms with Crippen molar-refractivity contribution < 1.29 is 0 Å². The highest BCUT2D eigenvalue weighted by Gasteiger charge is 2.16. The Morgan fingerprint density at radius 1 is 0.432 bits per heavy atom. The Kier molecular flexibility index (Phi) is 7.05. The number of rotatable bonds is 6. The van der Waals surface area contributed by atoms with Crippen LogP contribution < -0.4 is 0 Å². The molecule has 0 N–H and O–H groups in total. The average Bonchev–Trinajstić information content (AvgIpc) is 3.12. The van der Waals surface area contributed by atoms with Gasteiger partial charge in [-0.3, -0.25) is 24.9 Å². The van der Waals surface area contributed by atoms with Crippen LogP contribution >= 0.6 is 0 Å². The molecule has 9 heteroatoms. The standard InChI is InChI=1S/C35H21N9/c36-16-23-6-5-7-24(12-23)25-13-28(20-37-17-25)33-42-34(29-14-26(18-38-21-29)31-8-1-3-10-40-31)44-35(43-33)30-15-27(19-39-22-30)32-9-2-4-11-41-32/h1-15,17-22H. The van der Waals surface area contributed by atoms with Crippen molar-refractivity contribution in [2.45, 2.75) is 0 Å². The second-order valence-electron chi connectivity index (χ2n) is 9.82. The minimum atomic E-state index is 0.433. The number of nitriles is 1. The molecule has 0 unspecified atom stereocenters. The van der Waals surface area contributed by atoms with E-state index in [2.05, 4.69) is 31.0 Å². The van der Waals surface area contributed by atoms with Crippen molar-refractivity contribution in [2.75, 3.05) is 0 Å². The molecule has 9 nitrogen and oxygen atoms in total. The van der Waals surface area contributed by atoms with Crippen LogP contribution in [0.15, 0.2) is 128 Å². The molecule has 0 aliphatic heterocycles. The summed E-state index contributed by atoms with van der Waals surface area (Å²) in [6.07, 6.45) is 13.9. The normalized spacial score (nSPS) is 10.7. The fourth-order valence-corrected chi connectivity index (χ4v) is 4.72. The van der Waals surface area contributed by atoms with Crippen LogP contribution in [-0.4, -0.2) is 39.9 Å². The molecule has 0 radical (unpaired) electrons. The topological polar surface area (TPSA) is 127 Å². The summed E-state index contributed by atoms with van der Waals surface area (Å²) in [6.45, 7) is 0. The lowest BCUT2D eigenvalue weighted by molar-refractivity contribution is 1.06. The van der Waals surface area contributed by atoms with Gasteiger partial charge in [-0.25, -0.2) is 15.0 Å². The predicted octanol–water partition coefficient (Wildman–Crippen LogP) is 6.72. The molecule has 0 aliphatic carbocycles. The van der Waals surface area contributed by atoms with Crippen LogP contribution in [0.1, 0.15) is 5.56 Å². The van der Waals surface area contributed by atoms with E-state index in [1.165, 1.54) is 0 Å². The Balaban J connectivity index is 1.38. The first-order valence-electron chi connectivity index (χ1n) is 13.7. The molecular formula is C35H21N9. The van der Waals surface area contributed by atoms with E-state index in [-0.39, 0.29) is 0 Å². The minimum absolute atomic E-state index is 0.433. The fraction of sp³-hybridized carbons (Fsp3) is 0. The quantitative estimate of drug-likeness (QED) is 0.215. The third-order valence-electron chi connectivity index (χ3n) is 6.87. The van der Waals surface area contributed by atoms with Gasteiger partial charge in [-0.2, -0.15) is 5.26 Å². The molecule has 0 amide bonds. The van der Waals surface area contributed by atoms with E-state index in [1.54, 1.807) is 55.6 Å². The van der Waals surface area contributed by atoms with Crippen molar-refractivity contribution >= 4 is 0 Å². The van der Waals surface area contributed by atoms with Gasteiger partial charge >= 0.3 is 0 Å². The van der Waals surface area contributed by atoms with Crippen molar-refractivity contribution in [1.82, 2.24) is 39.9 Å². The Morgan fingerprint density at radius 2 is 0.909 bits per heavy atom. The van der Waals surface area contributed by atoms with E-state index in [0.717, 1.165) is 33.6 Å². The molecule has 0 saturated heterocycles. The largest absolute Gasteiger partial charge is 0.263 e. The van der Waals surface area contributed by atoms with Crippen LogP contribution in [0.5, 0.6) is 0 Å². The number of pyridine rings is 5. The maximum atomic E-state index is 9.39. The molecular weight excluding hydrogens is 546 g/mol. The number of hydrogen-bond acceptors (Lipinski definition) is 9. The first-order valence-corrected chi connectivity index (χ1v) is 13.7. The maximum Gasteiger partial charge on any atom is 0.165 e. The van der Waals surface area contributed by atoms with Crippen LogP contribution in [0.4, 0.5) is 0 Å². The lowest BCUT2D eigenvalue weighted by Gasteiger charge is -2.10. The van der Waals surface area contributed by atoms with Gasteiger partial charge in [0.2, 0.25) is 0 Å². The zero-order valence-electron chi connectivity index (χ0n) is 23.1. The Hall–Kier alpha value is -6.53. The van der Waals surface area contributed by atoms with Gasteiger partial charge in [0.05, 0.1) is 23.0 Å². The minimum Gasteiger partial charge on any atom is -0.263 e. The van der Waals surface area contributed by atoms with Crippen molar-refractivity contribution in [1.29, 1.82) is 5.26 Å². The van der Waals surface area contributed by atoms with E-state index in [1.807, 2.05) is 72.8 Å². The number of aromatic nitrogens is 8. The summed E-state index contributed by atoms with van der Waals surface area (Å²) >= 11 is 0. The molecule has 44 heavy (non-hydrogen) atoms. The highest BCUT2D eigenvalue weighted by atomic mass is 15.0. The van der Waals surface area contributed by atoms with E-state index in [4.69, 9.17) is 15.0 Å². The third-order valence-corrected chi connectivity index (χ3v) is 6.87. The molecule has 7 aromatic rings. The summed E-state index contributed by atoms with van der Waals surface area (Å²) in [5.74, 6) is 1.31. The smallest absolute Gasteiger partial charge is 0.165 e. The second-order valence-corrected chi connectivity index (χ2v) is 9.82. The van der Waals surface area contributed by atoms with Gasteiger partial charge in [0.25, 0.3) is 0 Å². The summed E-state index contributed by atoms with van der Waals surface area (Å²) in [5.41, 5.74) is 7.64. The van der Waals surface area contributed by atoms with E-state index in [9.17, 15) is 5.26 Å². The highest BCUT2D eigenvalue weighted by molar-refractivity contribution is 5.74. The highest BCUT2D eigenvalue weighted by Crippen LogP contribution is 2.29. The van der Waals surface area contributed by atoms with Crippen molar-refractivity contribution in [2.24, 2.45) is 0 Å². The van der Waals surface area contributed by atoms with Crippen LogP contribution in [0, 0.1) is 11.3 Å². The summed E-state index contributed by atoms with van der Waals surface area (Å²) in [6, 6.07) is 26.9. The number of nitrogens with zero attached hydrogens (tertiary/aromatic N) is 9. The summed E-state index contributed by atoms with van der Waals surface area (Å²) < 4.78 is 0. The van der Waals surface area contributed by atoms with Crippen LogP contribution in [0.25, 0.3) is 67.8 Å². The second kappa shape index (κ2) is 11.8. The molecule has 7 rings (SSSR count). The van der Waals surface area contributed by atoms with Gasteiger partial charge in [-0.05, 0) is 60.2 Å². The molecule has 0 spiro atoms. The average molecular weight is 568 g/mol. The van der Waals surface area contributed by atoms with Crippen LogP contribution in [-0.2, 0) is 0 Å². The predicted molar refractivity (Wildman–Crippen MR) is 166 cm³/mol. The third kappa shape index (κ3) is 5.51. The molecule has 0 bridgehead atoms. The van der Waals surface area contributed by atoms with Crippen molar-refractivity contribution in [3.05, 3.63) is 134 Å². The summed E-state index contributed by atoms with van der Waals surface area (Å²) in [4.78, 5) is 37.0. The number of benzene rings is 1. The molecule has 1 aromatic carbocycles. The first-order chi connectivity index (χ1) is 21.7. The lowest BCUT2D eigenvalue weighted by Crippen LogP contribution is -2.01. The maximum absolute atomic E-state index is 9.39. The fourth-order valence-electron chi connectivity index (χ4n) is 4.72. The summed E-state index contributed by atoms with van der Waals surface area (Å²) in [7, 11) is 0. The molecule has 0 atom stereocenters. The molecule has 0 saturated carbocycles. The molecule has 0 aliphatic rings. The van der Waals surface area contributed by atoms with Gasteiger partial charge < -0.3 is 0 Å². The molecule has 0 fully saturated rings. The van der Waals surface area contributed by atoms with E-state index < -0.39 is 0 Å². The zero-order valence-corrected chi connectivity index (χ0v) is 23.1. The van der Waals surface area contributed by atoms with Gasteiger partial charge in [-0.15, -0.1) is 0 Å². The monoisotopic (exact) mass is 567 g/mol. The molecule has 6 heterocycles. The first kappa shape index (κ1) is 26.4. The van der Waals surface area contributed by atoms with Crippen molar-refractivity contribution in [3.63, 3.8) is 0 Å². The Labute approximate surface area is 252 Å². The van der Waals surface area contributed by atoms with E-state index >= 15 is 0 Å². The summed E-state index contributed by atoms with van der Waals surface area (Å²) in [5, 5.41) is 9.39. The SMILES string of the molecule is N#Cc1cccc(-c2cncc(-c3nc(-c4cncc(-c5ccccn5)c4)nc(-c4cncc(-c5ccccn5)c4)n3)c2)c1. The zero-order chi connectivity index (χ0) is 29.7.